The molecule has 0 radical (unpaired) electrons. The highest BCUT2D eigenvalue weighted by Gasteiger charge is 2.16. The molecule has 0 fully saturated rings. The number of benzene rings is 1. The average molecular weight is 445 g/mol. The molecule has 0 aliphatic heterocycles. The van der Waals surface area contributed by atoms with Crippen molar-refractivity contribution in [1.82, 2.24) is 14.5 Å². The first-order valence-corrected chi connectivity index (χ1v) is 10.2. The summed E-state index contributed by atoms with van der Waals surface area (Å²) in [4.78, 5) is 20.5. The van der Waals surface area contributed by atoms with E-state index in [2.05, 4.69) is 9.97 Å². The van der Waals surface area contributed by atoms with E-state index in [0.717, 1.165) is 11.0 Å². The maximum atomic E-state index is 11.6. The standard InChI is InChI=1S/C18H16Cl3N3O2S/c1-2-26-15(25)8-5-9-24-14-7-4-3-6-13(14)22-18(24)27-17-12(20)10-11(19)16(21)23-17/h3-4,6-7,10H,2,5,8-9H2,1H3. The number of halogens is 3. The van der Waals surface area contributed by atoms with E-state index in [4.69, 9.17) is 39.5 Å². The van der Waals surface area contributed by atoms with Crippen LogP contribution in [0.2, 0.25) is 15.2 Å². The highest BCUT2D eigenvalue weighted by molar-refractivity contribution is 7.99. The van der Waals surface area contributed by atoms with Gasteiger partial charge in [0.2, 0.25) is 0 Å². The Morgan fingerprint density at radius 3 is 2.74 bits per heavy atom. The van der Waals surface area contributed by atoms with Gasteiger partial charge in [-0.15, -0.1) is 0 Å². The van der Waals surface area contributed by atoms with Gasteiger partial charge < -0.3 is 9.30 Å². The third kappa shape index (κ3) is 4.88. The number of carbonyl (C=O) groups excluding carboxylic acids is 1. The van der Waals surface area contributed by atoms with E-state index in [-0.39, 0.29) is 11.1 Å². The molecule has 5 nitrogen and oxygen atoms in total. The summed E-state index contributed by atoms with van der Waals surface area (Å²) in [6.45, 7) is 2.79. The number of carbonyl (C=O) groups is 1. The summed E-state index contributed by atoms with van der Waals surface area (Å²) in [6, 6.07) is 9.36. The van der Waals surface area contributed by atoms with Crippen molar-refractivity contribution in [2.45, 2.75) is 36.5 Å². The van der Waals surface area contributed by atoms with Crippen LogP contribution in [0.5, 0.6) is 0 Å². The lowest BCUT2D eigenvalue weighted by molar-refractivity contribution is -0.143. The second kappa shape index (κ2) is 9.15. The van der Waals surface area contributed by atoms with Crippen LogP contribution in [0.3, 0.4) is 0 Å². The highest BCUT2D eigenvalue weighted by atomic mass is 35.5. The smallest absolute Gasteiger partial charge is 0.305 e. The number of nitrogens with zero attached hydrogens (tertiary/aromatic N) is 3. The molecule has 0 amide bonds. The average Bonchev–Trinajstić information content (AvgIpc) is 2.97. The van der Waals surface area contributed by atoms with E-state index < -0.39 is 0 Å². The molecule has 2 heterocycles. The number of esters is 1. The maximum Gasteiger partial charge on any atom is 0.305 e. The van der Waals surface area contributed by atoms with Gasteiger partial charge in [-0.05, 0) is 43.3 Å². The van der Waals surface area contributed by atoms with Crippen molar-refractivity contribution in [3.05, 3.63) is 45.5 Å². The molecule has 0 spiro atoms. The zero-order valence-electron chi connectivity index (χ0n) is 14.4. The zero-order valence-corrected chi connectivity index (χ0v) is 17.5. The molecule has 0 saturated carbocycles. The van der Waals surface area contributed by atoms with Crippen LogP contribution in [0.15, 0.2) is 40.5 Å². The third-order valence-corrected chi connectivity index (χ3v) is 5.80. The molecule has 0 atom stereocenters. The largest absolute Gasteiger partial charge is 0.466 e. The number of ether oxygens (including phenoxy) is 1. The summed E-state index contributed by atoms with van der Waals surface area (Å²) in [6.07, 6.45) is 0.978. The number of aromatic nitrogens is 3. The molecule has 1 aromatic carbocycles. The minimum absolute atomic E-state index is 0.188. The minimum Gasteiger partial charge on any atom is -0.466 e. The molecule has 0 aliphatic rings. The molecule has 142 valence electrons. The van der Waals surface area contributed by atoms with E-state index in [1.165, 1.54) is 11.8 Å². The van der Waals surface area contributed by atoms with E-state index in [1.54, 1.807) is 13.0 Å². The van der Waals surface area contributed by atoms with Gasteiger partial charge in [-0.3, -0.25) is 4.79 Å². The maximum absolute atomic E-state index is 11.6. The van der Waals surface area contributed by atoms with Gasteiger partial charge in [0.1, 0.15) is 10.2 Å². The van der Waals surface area contributed by atoms with Gasteiger partial charge >= 0.3 is 5.97 Å². The summed E-state index contributed by atoms with van der Waals surface area (Å²) < 4.78 is 7.03. The number of hydrogen-bond acceptors (Lipinski definition) is 5. The van der Waals surface area contributed by atoms with Crippen LogP contribution < -0.4 is 0 Å². The second-order valence-electron chi connectivity index (χ2n) is 5.59. The predicted molar refractivity (Wildman–Crippen MR) is 109 cm³/mol. The van der Waals surface area contributed by atoms with Crippen molar-refractivity contribution < 1.29 is 9.53 Å². The quantitative estimate of drug-likeness (QED) is 0.336. The van der Waals surface area contributed by atoms with Crippen molar-refractivity contribution in [3.8, 4) is 0 Å². The van der Waals surface area contributed by atoms with E-state index in [1.807, 2.05) is 28.8 Å². The van der Waals surface area contributed by atoms with Crippen LogP contribution in [0, 0.1) is 0 Å². The molecule has 9 heteroatoms. The Morgan fingerprint density at radius 1 is 1.19 bits per heavy atom. The first kappa shape index (κ1) is 20.3. The lowest BCUT2D eigenvalue weighted by atomic mass is 10.3. The van der Waals surface area contributed by atoms with Crippen molar-refractivity contribution in [2.24, 2.45) is 0 Å². The number of aryl methyl sites for hydroxylation is 1. The van der Waals surface area contributed by atoms with Gasteiger partial charge in [-0.1, -0.05) is 46.9 Å². The summed E-state index contributed by atoms with van der Waals surface area (Å²) >= 11 is 19.5. The molecule has 3 rings (SSSR count). The van der Waals surface area contributed by atoms with Gasteiger partial charge in [-0.2, -0.15) is 0 Å². The molecule has 0 bridgehead atoms. The van der Waals surface area contributed by atoms with Crippen molar-refractivity contribution >= 4 is 63.6 Å². The summed E-state index contributed by atoms with van der Waals surface area (Å²) in [5.74, 6) is -0.203. The third-order valence-electron chi connectivity index (χ3n) is 3.73. The van der Waals surface area contributed by atoms with Crippen LogP contribution in [0.4, 0.5) is 0 Å². The number of pyridine rings is 1. The topological polar surface area (TPSA) is 57.0 Å². The Labute approximate surface area is 176 Å². The highest BCUT2D eigenvalue weighted by Crippen LogP contribution is 2.36. The minimum atomic E-state index is -0.203. The fourth-order valence-corrected chi connectivity index (χ4v) is 4.12. The number of hydrogen-bond donors (Lipinski definition) is 0. The van der Waals surface area contributed by atoms with E-state index in [0.29, 0.717) is 46.2 Å². The van der Waals surface area contributed by atoms with E-state index >= 15 is 0 Å². The second-order valence-corrected chi connectivity index (χ2v) is 7.72. The van der Waals surface area contributed by atoms with Crippen LogP contribution in [0.1, 0.15) is 19.8 Å². The first-order valence-electron chi connectivity index (χ1n) is 8.30. The van der Waals surface area contributed by atoms with Crippen LogP contribution in [-0.2, 0) is 16.1 Å². The van der Waals surface area contributed by atoms with Gasteiger partial charge in [0.25, 0.3) is 0 Å². The molecular formula is C18H16Cl3N3O2S. The molecule has 0 saturated heterocycles. The Bertz CT molecular complexity index is 978. The number of fused-ring (bicyclic) bond motifs is 1. The van der Waals surface area contributed by atoms with E-state index in [9.17, 15) is 4.79 Å². The number of rotatable bonds is 7. The van der Waals surface area contributed by atoms with Crippen molar-refractivity contribution in [2.75, 3.05) is 6.61 Å². The van der Waals surface area contributed by atoms with Crippen molar-refractivity contribution in [1.29, 1.82) is 0 Å². The number of para-hydroxylation sites is 2. The van der Waals surface area contributed by atoms with Gasteiger partial charge in [0.15, 0.2) is 5.16 Å². The molecule has 0 aliphatic carbocycles. The Hall–Kier alpha value is -1.47. The van der Waals surface area contributed by atoms with Gasteiger partial charge in [-0.25, -0.2) is 9.97 Å². The monoisotopic (exact) mass is 443 g/mol. The molecule has 0 unspecified atom stereocenters. The molecule has 0 N–H and O–H groups in total. The first-order chi connectivity index (χ1) is 13.0. The Morgan fingerprint density at radius 2 is 1.96 bits per heavy atom. The fourth-order valence-electron chi connectivity index (χ4n) is 2.55. The van der Waals surface area contributed by atoms with Gasteiger partial charge in [0.05, 0.1) is 27.7 Å². The van der Waals surface area contributed by atoms with Gasteiger partial charge in [0, 0.05) is 13.0 Å². The molecule has 3 aromatic rings. The fraction of sp³-hybridized carbons (Fsp3) is 0.278. The molecule has 27 heavy (non-hydrogen) atoms. The number of imidazole rings is 1. The van der Waals surface area contributed by atoms with Crippen LogP contribution in [0.25, 0.3) is 11.0 Å². The van der Waals surface area contributed by atoms with Crippen molar-refractivity contribution in [3.63, 3.8) is 0 Å². The summed E-state index contributed by atoms with van der Waals surface area (Å²) in [5.41, 5.74) is 1.83. The normalized spacial score (nSPS) is 11.1. The Balaban J connectivity index is 1.88. The predicted octanol–water partition coefficient (Wildman–Crippen LogP) is 5.89. The lowest BCUT2D eigenvalue weighted by Gasteiger charge is -2.09. The summed E-state index contributed by atoms with van der Waals surface area (Å²) in [7, 11) is 0. The molecule has 2 aromatic heterocycles. The van der Waals surface area contributed by atoms with Crippen LogP contribution in [-0.4, -0.2) is 27.1 Å². The molecular weight excluding hydrogens is 429 g/mol. The zero-order chi connectivity index (χ0) is 19.4. The Kier molecular flexibility index (Phi) is 6.87. The van der Waals surface area contributed by atoms with Crippen LogP contribution >= 0.6 is 46.6 Å². The SMILES string of the molecule is CCOC(=O)CCCn1c(Sc2nc(Cl)c(Cl)cc2Cl)nc2ccccc21. The lowest BCUT2D eigenvalue weighted by Crippen LogP contribution is -2.07. The summed E-state index contributed by atoms with van der Waals surface area (Å²) in [5, 5.41) is 2.13.